The number of carbonyl (C=O) groups is 1. The van der Waals surface area contributed by atoms with Gasteiger partial charge in [-0.3, -0.25) is 4.98 Å². The highest BCUT2D eigenvalue weighted by molar-refractivity contribution is 7.87. The van der Waals surface area contributed by atoms with Crippen LogP contribution in [0.1, 0.15) is 42.2 Å². The fourth-order valence-corrected chi connectivity index (χ4v) is 3.83. The van der Waals surface area contributed by atoms with Crippen molar-refractivity contribution >= 4 is 16.2 Å². The number of nitrogens with one attached hydrogen (secondary N) is 1. The van der Waals surface area contributed by atoms with Crippen molar-refractivity contribution in [2.75, 3.05) is 6.54 Å². The van der Waals surface area contributed by atoms with E-state index in [1.165, 1.54) is 22.6 Å². The van der Waals surface area contributed by atoms with Gasteiger partial charge in [0.05, 0.1) is 17.8 Å². The first-order valence-electron chi connectivity index (χ1n) is 6.85. The summed E-state index contributed by atoms with van der Waals surface area (Å²) in [4.78, 5) is 14.9. The van der Waals surface area contributed by atoms with Crippen LogP contribution in [-0.4, -0.2) is 41.4 Å². The zero-order valence-electron chi connectivity index (χ0n) is 11.8. The second-order valence-corrected chi connectivity index (χ2v) is 6.83. The van der Waals surface area contributed by atoms with Crippen LogP contribution in [0.15, 0.2) is 18.3 Å². The van der Waals surface area contributed by atoms with Gasteiger partial charge in [0.15, 0.2) is 0 Å². The minimum atomic E-state index is -3.57. The van der Waals surface area contributed by atoms with Gasteiger partial charge in [-0.2, -0.15) is 17.4 Å². The lowest BCUT2D eigenvalue weighted by atomic mass is 10.1. The van der Waals surface area contributed by atoms with Crippen LogP contribution in [0.2, 0.25) is 0 Å². The maximum Gasteiger partial charge on any atom is 0.335 e. The maximum atomic E-state index is 12.3. The number of carboxylic acids is 1. The molecule has 1 aromatic rings. The third-order valence-electron chi connectivity index (χ3n) is 3.55. The first kappa shape index (κ1) is 15.9. The molecule has 116 valence electrons. The molecule has 0 aromatic carbocycles. The molecule has 0 spiro atoms. The van der Waals surface area contributed by atoms with E-state index in [9.17, 15) is 13.2 Å². The summed E-state index contributed by atoms with van der Waals surface area (Å²) in [7, 11) is -3.57. The molecular formula is C13H19N3O4S. The van der Waals surface area contributed by atoms with Crippen molar-refractivity contribution in [3.05, 3.63) is 29.6 Å². The SMILES string of the molecule is CC1CCCCN1S(=O)(=O)NCc1cc(C(=O)O)ccn1. The monoisotopic (exact) mass is 313 g/mol. The Bertz CT molecular complexity index is 618. The molecule has 8 heteroatoms. The van der Waals surface area contributed by atoms with E-state index in [1.807, 2.05) is 6.92 Å². The van der Waals surface area contributed by atoms with Crippen molar-refractivity contribution in [2.45, 2.75) is 38.8 Å². The van der Waals surface area contributed by atoms with Crippen molar-refractivity contribution < 1.29 is 18.3 Å². The molecule has 0 bridgehead atoms. The lowest BCUT2D eigenvalue weighted by molar-refractivity contribution is 0.0696. The van der Waals surface area contributed by atoms with E-state index in [0.717, 1.165) is 19.3 Å². The highest BCUT2D eigenvalue weighted by Crippen LogP contribution is 2.19. The first-order valence-corrected chi connectivity index (χ1v) is 8.29. The highest BCUT2D eigenvalue weighted by Gasteiger charge is 2.29. The number of aromatic nitrogens is 1. The number of carboxylic acid groups (broad SMARTS) is 1. The Morgan fingerprint density at radius 3 is 2.95 bits per heavy atom. The van der Waals surface area contributed by atoms with E-state index in [1.54, 1.807) is 0 Å². The summed E-state index contributed by atoms with van der Waals surface area (Å²) in [6, 6.07) is 2.71. The molecule has 1 aliphatic heterocycles. The number of nitrogens with zero attached hydrogens (tertiary/aromatic N) is 2. The van der Waals surface area contributed by atoms with Gasteiger partial charge in [0.25, 0.3) is 10.2 Å². The molecule has 1 unspecified atom stereocenters. The van der Waals surface area contributed by atoms with Crippen molar-refractivity contribution in [1.82, 2.24) is 14.0 Å². The van der Waals surface area contributed by atoms with Gasteiger partial charge < -0.3 is 5.11 Å². The zero-order chi connectivity index (χ0) is 15.5. The summed E-state index contributed by atoms with van der Waals surface area (Å²) in [5, 5.41) is 8.90. The smallest absolute Gasteiger partial charge is 0.335 e. The van der Waals surface area contributed by atoms with Crippen LogP contribution in [0.25, 0.3) is 0 Å². The summed E-state index contributed by atoms with van der Waals surface area (Å²) < 4.78 is 28.5. The number of hydrogen-bond donors (Lipinski definition) is 2. The fraction of sp³-hybridized carbons (Fsp3) is 0.538. The van der Waals surface area contributed by atoms with Crippen LogP contribution >= 0.6 is 0 Å². The molecule has 2 heterocycles. The van der Waals surface area contributed by atoms with Gasteiger partial charge in [-0.1, -0.05) is 6.42 Å². The second kappa shape index (κ2) is 6.50. The quantitative estimate of drug-likeness (QED) is 0.844. The van der Waals surface area contributed by atoms with Crippen molar-refractivity contribution in [1.29, 1.82) is 0 Å². The molecule has 0 aliphatic carbocycles. The predicted molar refractivity (Wildman–Crippen MR) is 77.0 cm³/mol. The van der Waals surface area contributed by atoms with Gasteiger partial charge in [-0.25, -0.2) is 4.79 Å². The molecule has 1 atom stereocenters. The summed E-state index contributed by atoms with van der Waals surface area (Å²) in [5.74, 6) is -1.06. The molecule has 0 amide bonds. The second-order valence-electron chi connectivity index (χ2n) is 5.12. The van der Waals surface area contributed by atoms with Gasteiger partial charge in [-0.05, 0) is 31.9 Å². The molecule has 21 heavy (non-hydrogen) atoms. The van der Waals surface area contributed by atoms with Crippen molar-refractivity contribution in [2.24, 2.45) is 0 Å². The van der Waals surface area contributed by atoms with E-state index in [0.29, 0.717) is 12.2 Å². The van der Waals surface area contributed by atoms with Crippen LogP contribution in [0, 0.1) is 0 Å². The Hall–Kier alpha value is -1.51. The normalized spacial score (nSPS) is 20.3. The fourth-order valence-electron chi connectivity index (χ4n) is 2.38. The van der Waals surface area contributed by atoms with Gasteiger partial charge >= 0.3 is 5.97 Å². The Balaban J connectivity index is 2.04. The molecule has 1 saturated heterocycles. The molecular weight excluding hydrogens is 294 g/mol. The largest absolute Gasteiger partial charge is 0.478 e. The Labute approximate surface area is 124 Å². The van der Waals surface area contributed by atoms with Crippen LogP contribution in [-0.2, 0) is 16.8 Å². The highest BCUT2D eigenvalue weighted by atomic mass is 32.2. The number of rotatable bonds is 5. The molecule has 0 saturated carbocycles. The Kier molecular flexibility index (Phi) is 4.92. The molecule has 1 fully saturated rings. The van der Waals surface area contributed by atoms with Crippen molar-refractivity contribution in [3.63, 3.8) is 0 Å². The summed E-state index contributed by atoms with van der Waals surface area (Å²) in [5.41, 5.74) is 0.466. The predicted octanol–water partition coefficient (Wildman–Crippen LogP) is 0.989. The lowest BCUT2D eigenvalue weighted by Gasteiger charge is -2.32. The van der Waals surface area contributed by atoms with E-state index >= 15 is 0 Å². The minimum Gasteiger partial charge on any atom is -0.478 e. The topological polar surface area (TPSA) is 99.6 Å². The Morgan fingerprint density at radius 1 is 1.52 bits per heavy atom. The molecule has 2 N–H and O–H groups in total. The molecule has 1 aliphatic rings. The number of piperidine rings is 1. The third kappa shape index (κ3) is 3.99. The van der Waals surface area contributed by atoms with Gasteiger partial charge in [0.2, 0.25) is 0 Å². The van der Waals surface area contributed by atoms with E-state index in [4.69, 9.17) is 5.11 Å². The Morgan fingerprint density at radius 2 is 2.29 bits per heavy atom. The van der Waals surface area contributed by atoms with Gasteiger partial charge in [-0.15, -0.1) is 0 Å². The van der Waals surface area contributed by atoms with E-state index in [2.05, 4.69) is 9.71 Å². The summed E-state index contributed by atoms with van der Waals surface area (Å²) in [6.07, 6.45) is 4.11. The summed E-state index contributed by atoms with van der Waals surface area (Å²) in [6.45, 7) is 2.38. The number of hydrogen-bond acceptors (Lipinski definition) is 4. The van der Waals surface area contributed by atoms with E-state index < -0.39 is 16.2 Å². The number of pyridine rings is 1. The van der Waals surface area contributed by atoms with Crippen LogP contribution < -0.4 is 4.72 Å². The average Bonchev–Trinajstić information content (AvgIpc) is 2.46. The van der Waals surface area contributed by atoms with Gasteiger partial charge in [0.1, 0.15) is 0 Å². The standard InChI is InChI=1S/C13H19N3O4S/c1-10-4-2-3-7-16(10)21(19,20)15-9-12-8-11(13(17)18)5-6-14-12/h5-6,8,10,15H,2-4,7,9H2,1H3,(H,17,18). The number of aromatic carboxylic acids is 1. The van der Waals surface area contributed by atoms with Gasteiger partial charge in [0, 0.05) is 18.8 Å². The first-order chi connectivity index (χ1) is 9.90. The maximum absolute atomic E-state index is 12.3. The zero-order valence-corrected chi connectivity index (χ0v) is 12.6. The van der Waals surface area contributed by atoms with Crippen LogP contribution in [0.5, 0.6) is 0 Å². The van der Waals surface area contributed by atoms with E-state index in [-0.39, 0.29) is 18.2 Å². The minimum absolute atomic E-state index is 0.0189. The molecule has 7 nitrogen and oxygen atoms in total. The summed E-state index contributed by atoms with van der Waals surface area (Å²) >= 11 is 0. The lowest BCUT2D eigenvalue weighted by Crippen LogP contribution is -2.47. The molecule has 1 aromatic heterocycles. The van der Waals surface area contributed by atoms with Crippen LogP contribution in [0.4, 0.5) is 0 Å². The van der Waals surface area contributed by atoms with Crippen molar-refractivity contribution in [3.8, 4) is 0 Å². The van der Waals surface area contributed by atoms with Crippen LogP contribution in [0.3, 0.4) is 0 Å². The average molecular weight is 313 g/mol. The molecule has 2 rings (SSSR count). The molecule has 0 radical (unpaired) electrons. The third-order valence-corrected chi connectivity index (χ3v) is 5.22.